The summed E-state index contributed by atoms with van der Waals surface area (Å²) in [5.74, 6) is 1.01. The fourth-order valence-corrected chi connectivity index (χ4v) is 4.88. The van der Waals surface area contributed by atoms with E-state index < -0.39 is 0 Å². The third-order valence-corrected chi connectivity index (χ3v) is 6.21. The molecule has 0 aliphatic carbocycles. The Bertz CT molecular complexity index is 599. The number of amides is 1. The lowest BCUT2D eigenvalue weighted by molar-refractivity contribution is -0.131. The number of thioether (sulfide) groups is 1. The van der Waals surface area contributed by atoms with Crippen LogP contribution >= 0.6 is 23.1 Å². The highest BCUT2D eigenvalue weighted by Crippen LogP contribution is 2.32. The zero-order chi connectivity index (χ0) is 14.8. The topological polar surface area (TPSA) is 33.2 Å². The summed E-state index contributed by atoms with van der Waals surface area (Å²) in [4.78, 5) is 19.1. The largest absolute Gasteiger partial charge is 0.342 e. The van der Waals surface area contributed by atoms with Crippen LogP contribution in [0.3, 0.4) is 0 Å². The molecule has 0 N–H and O–H groups in total. The Kier molecular flexibility index (Phi) is 4.50. The Balaban J connectivity index is 1.65. The van der Waals surface area contributed by atoms with Gasteiger partial charge in [-0.15, -0.1) is 11.3 Å². The number of nitrogens with zero attached hydrogens (tertiary/aromatic N) is 2. The third-order valence-electron chi connectivity index (χ3n) is 3.99. The number of rotatable bonds is 3. The molecule has 5 heteroatoms. The number of hydrogen-bond donors (Lipinski definition) is 0. The molecule has 1 aliphatic heterocycles. The molecular formula is C16H20N2OS2. The molecule has 21 heavy (non-hydrogen) atoms. The SMILES string of the molecule is CC1CCN(C(=O)C(C)Sc2nc3ccccc3s2)CC1. The van der Waals surface area contributed by atoms with Crippen molar-refractivity contribution in [1.29, 1.82) is 0 Å². The molecular weight excluding hydrogens is 300 g/mol. The molecule has 2 aromatic rings. The van der Waals surface area contributed by atoms with E-state index in [9.17, 15) is 4.79 Å². The Morgan fingerprint density at radius 1 is 1.38 bits per heavy atom. The minimum absolute atomic E-state index is 0.0565. The highest BCUT2D eigenvalue weighted by atomic mass is 32.2. The summed E-state index contributed by atoms with van der Waals surface area (Å²) in [6, 6.07) is 8.13. The molecule has 1 aromatic carbocycles. The Labute approximate surface area is 133 Å². The molecule has 1 unspecified atom stereocenters. The van der Waals surface area contributed by atoms with Crippen molar-refractivity contribution >= 4 is 39.2 Å². The van der Waals surface area contributed by atoms with Crippen LogP contribution in [0.25, 0.3) is 10.2 Å². The van der Waals surface area contributed by atoms with Gasteiger partial charge in [0.1, 0.15) is 0 Å². The fourth-order valence-electron chi connectivity index (χ4n) is 2.59. The maximum atomic E-state index is 12.5. The zero-order valence-corrected chi connectivity index (χ0v) is 14.0. The van der Waals surface area contributed by atoms with Crippen molar-refractivity contribution in [3.8, 4) is 0 Å². The molecule has 1 aliphatic rings. The minimum atomic E-state index is -0.0565. The van der Waals surface area contributed by atoms with Crippen molar-refractivity contribution in [1.82, 2.24) is 9.88 Å². The van der Waals surface area contributed by atoms with Crippen LogP contribution in [0, 0.1) is 5.92 Å². The van der Waals surface area contributed by atoms with Gasteiger partial charge in [0.2, 0.25) is 5.91 Å². The van der Waals surface area contributed by atoms with Crippen molar-refractivity contribution in [3.63, 3.8) is 0 Å². The van der Waals surface area contributed by atoms with E-state index in [1.165, 1.54) is 4.70 Å². The lowest BCUT2D eigenvalue weighted by atomic mass is 9.99. The van der Waals surface area contributed by atoms with Crippen molar-refractivity contribution < 1.29 is 4.79 Å². The minimum Gasteiger partial charge on any atom is -0.342 e. The molecule has 3 nitrogen and oxygen atoms in total. The standard InChI is InChI=1S/C16H20N2OS2/c1-11-7-9-18(10-8-11)15(19)12(2)20-16-17-13-5-3-4-6-14(13)21-16/h3-6,11-12H,7-10H2,1-2H3. The lowest BCUT2D eigenvalue weighted by Crippen LogP contribution is -2.41. The van der Waals surface area contributed by atoms with Crippen LogP contribution in [-0.2, 0) is 4.79 Å². The van der Waals surface area contributed by atoms with Crippen LogP contribution in [-0.4, -0.2) is 34.1 Å². The average Bonchev–Trinajstić information content (AvgIpc) is 2.89. The fraction of sp³-hybridized carbons (Fsp3) is 0.500. The van der Waals surface area contributed by atoms with Gasteiger partial charge in [0.05, 0.1) is 15.5 Å². The Hall–Kier alpha value is -1.07. The summed E-state index contributed by atoms with van der Waals surface area (Å²) < 4.78 is 2.17. The van der Waals surface area contributed by atoms with E-state index in [-0.39, 0.29) is 11.2 Å². The number of fused-ring (bicyclic) bond motifs is 1. The first-order chi connectivity index (χ1) is 10.1. The van der Waals surface area contributed by atoms with Crippen LogP contribution in [0.4, 0.5) is 0 Å². The summed E-state index contributed by atoms with van der Waals surface area (Å²) in [7, 11) is 0. The van der Waals surface area contributed by atoms with Gasteiger partial charge in [0.15, 0.2) is 4.34 Å². The zero-order valence-electron chi connectivity index (χ0n) is 12.4. The molecule has 3 rings (SSSR count). The number of carbonyl (C=O) groups excluding carboxylic acids is 1. The predicted octanol–water partition coefficient (Wildman–Crippen LogP) is 4.04. The molecule has 112 valence electrons. The van der Waals surface area contributed by atoms with Crippen molar-refractivity contribution in [2.45, 2.75) is 36.3 Å². The van der Waals surface area contributed by atoms with Gasteiger partial charge < -0.3 is 4.90 Å². The molecule has 2 heterocycles. The molecule has 0 bridgehead atoms. The van der Waals surface area contributed by atoms with Crippen LogP contribution in [0.15, 0.2) is 28.6 Å². The summed E-state index contributed by atoms with van der Waals surface area (Å²) in [6.45, 7) is 6.08. The summed E-state index contributed by atoms with van der Waals surface area (Å²) in [5.41, 5.74) is 1.02. The first-order valence-corrected chi connectivity index (χ1v) is 9.14. The van der Waals surface area contributed by atoms with Gasteiger partial charge in [-0.3, -0.25) is 4.79 Å². The van der Waals surface area contributed by atoms with E-state index in [1.54, 1.807) is 23.1 Å². The number of thiazole rings is 1. The smallest absolute Gasteiger partial charge is 0.235 e. The van der Waals surface area contributed by atoms with Gasteiger partial charge in [-0.25, -0.2) is 4.98 Å². The predicted molar refractivity (Wildman–Crippen MR) is 89.9 cm³/mol. The number of benzene rings is 1. The van der Waals surface area contributed by atoms with Crippen molar-refractivity contribution in [3.05, 3.63) is 24.3 Å². The lowest BCUT2D eigenvalue weighted by Gasteiger charge is -2.31. The monoisotopic (exact) mass is 320 g/mol. The van der Waals surface area contributed by atoms with Crippen LogP contribution in [0.5, 0.6) is 0 Å². The quantitative estimate of drug-likeness (QED) is 0.800. The number of hydrogen-bond acceptors (Lipinski definition) is 4. The number of piperidine rings is 1. The second-order valence-corrected chi connectivity index (χ2v) is 8.33. The van der Waals surface area contributed by atoms with Gasteiger partial charge in [-0.2, -0.15) is 0 Å². The molecule has 1 saturated heterocycles. The second kappa shape index (κ2) is 6.36. The van der Waals surface area contributed by atoms with Crippen molar-refractivity contribution in [2.24, 2.45) is 5.92 Å². The molecule has 0 radical (unpaired) electrons. The first kappa shape index (κ1) is 14.9. The second-order valence-electron chi connectivity index (χ2n) is 5.72. The Morgan fingerprint density at radius 2 is 2.10 bits per heavy atom. The molecule has 1 amide bonds. The molecule has 0 spiro atoms. The van der Waals surface area contributed by atoms with Gasteiger partial charge >= 0.3 is 0 Å². The van der Waals surface area contributed by atoms with E-state index >= 15 is 0 Å². The summed E-state index contributed by atoms with van der Waals surface area (Å²) >= 11 is 3.26. The van der Waals surface area contributed by atoms with Crippen LogP contribution in [0.1, 0.15) is 26.7 Å². The molecule has 1 fully saturated rings. The molecule has 1 aromatic heterocycles. The Morgan fingerprint density at radius 3 is 2.81 bits per heavy atom. The van der Waals surface area contributed by atoms with E-state index in [4.69, 9.17) is 0 Å². The average molecular weight is 320 g/mol. The van der Waals surface area contributed by atoms with Crippen LogP contribution in [0.2, 0.25) is 0 Å². The van der Waals surface area contributed by atoms with Crippen molar-refractivity contribution in [2.75, 3.05) is 13.1 Å². The van der Waals surface area contributed by atoms with Gasteiger partial charge in [0, 0.05) is 13.1 Å². The highest BCUT2D eigenvalue weighted by molar-refractivity contribution is 8.02. The van der Waals surface area contributed by atoms with E-state index in [2.05, 4.69) is 18.0 Å². The number of likely N-dealkylation sites (tertiary alicyclic amines) is 1. The van der Waals surface area contributed by atoms with Gasteiger partial charge in [-0.05, 0) is 37.8 Å². The summed E-state index contributed by atoms with van der Waals surface area (Å²) in [5, 5.41) is -0.0565. The first-order valence-electron chi connectivity index (χ1n) is 7.44. The number of para-hydroxylation sites is 1. The molecule has 0 saturated carbocycles. The number of carbonyl (C=O) groups is 1. The highest BCUT2D eigenvalue weighted by Gasteiger charge is 2.25. The normalized spacial score (nSPS) is 18.1. The maximum Gasteiger partial charge on any atom is 0.235 e. The summed E-state index contributed by atoms with van der Waals surface area (Å²) in [6.07, 6.45) is 2.26. The van der Waals surface area contributed by atoms with E-state index in [1.807, 2.05) is 30.0 Å². The van der Waals surface area contributed by atoms with Crippen LogP contribution < -0.4 is 0 Å². The van der Waals surface area contributed by atoms with E-state index in [0.29, 0.717) is 0 Å². The van der Waals surface area contributed by atoms with Gasteiger partial charge in [-0.1, -0.05) is 30.8 Å². The third kappa shape index (κ3) is 3.40. The molecule has 1 atom stereocenters. The number of aromatic nitrogens is 1. The maximum absolute atomic E-state index is 12.5. The van der Waals surface area contributed by atoms with E-state index in [0.717, 1.165) is 41.7 Å². The van der Waals surface area contributed by atoms with Gasteiger partial charge in [0.25, 0.3) is 0 Å².